The molecule has 1 N–H and O–H groups in total. The molecule has 1 aromatic carbocycles. The molecule has 0 saturated carbocycles. The van der Waals surface area contributed by atoms with Crippen molar-refractivity contribution in [2.45, 2.75) is 25.8 Å². The number of nitrogens with zero attached hydrogens (tertiary/aromatic N) is 4. The number of nitrogens with one attached hydrogen (secondary N) is 1. The molecule has 4 rings (SSSR count). The third-order valence-corrected chi connectivity index (χ3v) is 5.27. The molecule has 0 aliphatic carbocycles. The van der Waals surface area contributed by atoms with E-state index in [2.05, 4.69) is 15.3 Å². The van der Waals surface area contributed by atoms with E-state index in [1.165, 1.54) is 12.3 Å². The van der Waals surface area contributed by atoms with Crippen LogP contribution >= 0.6 is 11.6 Å². The van der Waals surface area contributed by atoms with Crippen molar-refractivity contribution in [3.8, 4) is 5.69 Å². The van der Waals surface area contributed by atoms with Gasteiger partial charge >= 0.3 is 0 Å². The highest BCUT2D eigenvalue weighted by Gasteiger charge is 2.19. The molecule has 1 fully saturated rings. The standard InChI is InChI=1S/C21H21ClFN5O/c22-17-11-16(21(29)27-7-2-1-3-8-27)13-26-20(17)25-12-15-4-5-19(18(23)10-15)28-9-6-24-14-28/h4-6,9-11,13-14H,1-3,7-8,12H2,(H,25,26). The highest BCUT2D eigenvalue weighted by Crippen LogP contribution is 2.23. The summed E-state index contributed by atoms with van der Waals surface area (Å²) in [5.41, 5.74) is 1.67. The van der Waals surface area contributed by atoms with E-state index in [0.29, 0.717) is 28.6 Å². The largest absolute Gasteiger partial charge is 0.365 e. The Labute approximate surface area is 173 Å². The SMILES string of the molecule is O=C(c1cnc(NCc2ccc(-n3ccnc3)c(F)c2)c(Cl)c1)N1CCCCC1. The zero-order valence-electron chi connectivity index (χ0n) is 15.8. The highest BCUT2D eigenvalue weighted by molar-refractivity contribution is 6.33. The number of likely N-dealkylation sites (tertiary alicyclic amines) is 1. The number of anilines is 1. The van der Waals surface area contributed by atoms with Crippen molar-refractivity contribution in [2.24, 2.45) is 0 Å². The number of carbonyl (C=O) groups is 1. The Morgan fingerprint density at radius 2 is 2.03 bits per heavy atom. The van der Waals surface area contributed by atoms with Crippen LogP contribution in [0.3, 0.4) is 0 Å². The van der Waals surface area contributed by atoms with Crippen molar-refractivity contribution in [3.63, 3.8) is 0 Å². The number of benzene rings is 1. The Morgan fingerprint density at radius 1 is 1.21 bits per heavy atom. The predicted octanol–water partition coefficient (Wildman–Crippen LogP) is 4.30. The number of pyridine rings is 1. The van der Waals surface area contributed by atoms with Gasteiger partial charge in [0.1, 0.15) is 11.6 Å². The van der Waals surface area contributed by atoms with Gasteiger partial charge in [0.25, 0.3) is 5.91 Å². The van der Waals surface area contributed by atoms with Crippen LogP contribution in [0, 0.1) is 5.82 Å². The number of piperidine rings is 1. The van der Waals surface area contributed by atoms with Gasteiger partial charge in [-0.3, -0.25) is 4.79 Å². The lowest BCUT2D eigenvalue weighted by molar-refractivity contribution is 0.0724. The molecule has 1 aliphatic rings. The summed E-state index contributed by atoms with van der Waals surface area (Å²) >= 11 is 6.32. The second-order valence-corrected chi connectivity index (χ2v) is 7.42. The fraction of sp³-hybridized carbons (Fsp3) is 0.286. The molecule has 0 bridgehead atoms. The average molecular weight is 414 g/mol. The van der Waals surface area contributed by atoms with Crippen molar-refractivity contribution >= 4 is 23.3 Å². The van der Waals surface area contributed by atoms with Crippen LogP contribution in [0.15, 0.2) is 49.2 Å². The fourth-order valence-electron chi connectivity index (χ4n) is 3.42. The van der Waals surface area contributed by atoms with Gasteiger partial charge in [0, 0.05) is 38.2 Å². The van der Waals surface area contributed by atoms with Gasteiger partial charge in [-0.25, -0.2) is 14.4 Å². The Hall–Kier alpha value is -2.93. The van der Waals surface area contributed by atoms with Crippen molar-refractivity contribution in [1.29, 1.82) is 0 Å². The molecule has 3 aromatic rings. The van der Waals surface area contributed by atoms with Gasteiger partial charge in [-0.15, -0.1) is 0 Å². The van der Waals surface area contributed by atoms with Crippen molar-refractivity contribution in [3.05, 3.63) is 71.2 Å². The number of imidazole rings is 1. The summed E-state index contributed by atoms with van der Waals surface area (Å²) < 4.78 is 16.0. The molecule has 6 nitrogen and oxygen atoms in total. The van der Waals surface area contributed by atoms with Crippen LogP contribution in [0.4, 0.5) is 10.2 Å². The monoisotopic (exact) mass is 413 g/mol. The molecule has 29 heavy (non-hydrogen) atoms. The maximum Gasteiger partial charge on any atom is 0.255 e. The van der Waals surface area contributed by atoms with Crippen molar-refractivity contribution in [2.75, 3.05) is 18.4 Å². The van der Waals surface area contributed by atoms with Crippen molar-refractivity contribution < 1.29 is 9.18 Å². The van der Waals surface area contributed by atoms with Gasteiger partial charge in [-0.1, -0.05) is 17.7 Å². The lowest BCUT2D eigenvalue weighted by atomic mass is 10.1. The predicted molar refractivity (Wildman–Crippen MR) is 110 cm³/mol. The minimum atomic E-state index is -0.344. The zero-order chi connectivity index (χ0) is 20.2. The summed E-state index contributed by atoms with van der Waals surface area (Å²) in [5, 5.41) is 3.47. The first-order valence-corrected chi connectivity index (χ1v) is 9.95. The quantitative estimate of drug-likeness (QED) is 0.677. The summed E-state index contributed by atoms with van der Waals surface area (Å²) in [6.45, 7) is 1.90. The van der Waals surface area contributed by atoms with Gasteiger partial charge in [-0.05, 0) is 43.0 Å². The zero-order valence-corrected chi connectivity index (χ0v) is 16.6. The Balaban J connectivity index is 1.42. The lowest BCUT2D eigenvalue weighted by Gasteiger charge is -2.26. The van der Waals surface area contributed by atoms with E-state index >= 15 is 0 Å². The number of hydrogen-bond acceptors (Lipinski definition) is 4. The van der Waals surface area contributed by atoms with Gasteiger partial charge in [0.2, 0.25) is 0 Å². The molecular formula is C21H21ClFN5O. The first-order valence-electron chi connectivity index (χ1n) is 9.57. The molecule has 2 aromatic heterocycles. The minimum Gasteiger partial charge on any atom is -0.365 e. The molecule has 8 heteroatoms. The van der Waals surface area contributed by atoms with Crippen LogP contribution in [0.2, 0.25) is 5.02 Å². The average Bonchev–Trinajstić information content (AvgIpc) is 3.27. The first-order chi connectivity index (χ1) is 14.1. The summed E-state index contributed by atoms with van der Waals surface area (Å²) in [6, 6.07) is 6.62. The van der Waals surface area contributed by atoms with Crippen LogP contribution in [0.1, 0.15) is 35.2 Å². The van der Waals surface area contributed by atoms with Crippen molar-refractivity contribution in [1.82, 2.24) is 19.4 Å². The van der Waals surface area contributed by atoms with Crippen LogP contribution in [0.25, 0.3) is 5.69 Å². The molecule has 0 atom stereocenters. The van der Waals surface area contributed by atoms with E-state index in [0.717, 1.165) is 37.9 Å². The van der Waals surface area contributed by atoms with Gasteiger partial charge in [0.05, 0.1) is 22.6 Å². The first kappa shape index (κ1) is 19.4. The highest BCUT2D eigenvalue weighted by atomic mass is 35.5. The summed E-state index contributed by atoms with van der Waals surface area (Å²) in [4.78, 5) is 22.6. The van der Waals surface area contributed by atoms with E-state index < -0.39 is 0 Å². The van der Waals surface area contributed by atoms with E-state index in [1.807, 2.05) is 11.0 Å². The maximum atomic E-state index is 14.4. The van der Waals surface area contributed by atoms with Crippen LogP contribution in [0.5, 0.6) is 0 Å². The molecule has 0 unspecified atom stereocenters. The fourth-order valence-corrected chi connectivity index (χ4v) is 3.65. The van der Waals surface area contributed by atoms with E-state index in [4.69, 9.17) is 11.6 Å². The molecule has 1 saturated heterocycles. The van der Waals surface area contributed by atoms with E-state index in [-0.39, 0.29) is 11.7 Å². The maximum absolute atomic E-state index is 14.4. The molecular weight excluding hydrogens is 393 g/mol. The summed E-state index contributed by atoms with van der Waals surface area (Å²) in [5.74, 6) is 0.0765. The van der Waals surface area contributed by atoms with Gasteiger partial charge < -0.3 is 14.8 Å². The van der Waals surface area contributed by atoms with E-state index in [1.54, 1.807) is 35.4 Å². The normalized spacial score (nSPS) is 14.1. The number of aromatic nitrogens is 3. The third kappa shape index (κ3) is 4.40. The second kappa shape index (κ2) is 8.61. The lowest BCUT2D eigenvalue weighted by Crippen LogP contribution is -2.35. The van der Waals surface area contributed by atoms with Crippen LogP contribution in [-0.2, 0) is 6.54 Å². The number of rotatable bonds is 5. The van der Waals surface area contributed by atoms with Gasteiger partial charge in [0.15, 0.2) is 0 Å². The molecule has 0 radical (unpaired) electrons. The third-order valence-electron chi connectivity index (χ3n) is 4.99. The van der Waals surface area contributed by atoms with Gasteiger partial charge in [-0.2, -0.15) is 0 Å². The Kier molecular flexibility index (Phi) is 5.76. The number of halogens is 2. The smallest absolute Gasteiger partial charge is 0.255 e. The molecule has 3 heterocycles. The molecule has 0 spiro atoms. The minimum absolute atomic E-state index is 0.0391. The van der Waals surface area contributed by atoms with Crippen LogP contribution < -0.4 is 5.32 Å². The number of amides is 1. The Morgan fingerprint density at radius 3 is 2.72 bits per heavy atom. The van der Waals surface area contributed by atoms with Crippen LogP contribution in [-0.4, -0.2) is 38.4 Å². The summed E-state index contributed by atoms with van der Waals surface area (Å²) in [7, 11) is 0. The number of carbonyl (C=O) groups excluding carboxylic acids is 1. The molecule has 1 aliphatic heterocycles. The topological polar surface area (TPSA) is 63.1 Å². The number of hydrogen-bond donors (Lipinski definition) is 1. The Bertz CT molecular complexity index is 1000. The van der Waals surface area contributed by atoms with E-state index in [9.17, 15) is 9.18 Å². The summed E-state index contributed by atoms with van der Waals surface area (Å²) in [6.07, 6.45) is 9.59. The second-order valence-electron chi connectivity index (χ2n) is 7.02. The molecule has 150 valence electrons. The molecule has 1 amide bonds.